The quantitative estimate of drug-likeness (QED) is 0.819. The molecule has 0 radical (unpaired) electrons. The van der Waals surface area contributed by atoms with Crippen molar-refractivity contribution in [2.45, 2.75) is 6.54 Å². The molecule has 104 valence electrons. The second kappa shape index (κ2) is 5.50. The van der Waals surface area contributed by atoms with Crippen molar-refractivity contribution in [3.8, 4) is 0 Å². The Labute approximate surface area is 126 Å². The fraction of sp³-hybridized carbons (Fsp3) is 0.0625. The summed E-state index contributed by atoms with van der Waals surface area (Å²) in [5, 5.41) is -0.0519. The normalized spacial score (nSPS) is 15.0. The van der Waals surface area contributed by atoms with Crippen molar-refractivity contribution >= 4 is 29.0 Å². The number of pyridine rings is 1. The number of rotatable bonds is 3. The van der Waals surface area contributed by atoms with Gasteiger partial charge in [-0.25, -0.2) is 0 Å². The maximum absolute atomic E-state index is 12.5. The molecule has 0 saturated heterocycles. The van der Waals surface area contributed by atoms with Gasteiger partial charge in [-0.05, 0) is 11.6 Å². The van der Waals surface area contributed by atoms with Crippen LogP contribution in [-0.2, 0) is 16.1 Å². The van der Waals surface area contributed by atoms with Crippen molar-refractivity contribution < 1.29 is 9.59 Å². The number of carbonyl (C=O) groups excluding carboxylic acids is 2. The van der Waals surface area contributed by atoms with E-state index in [9.17, 15) is 9.59 Å². The average Bonchev–Trinajstić information content (AvgIpc) is 2.73. The van der Waals surface area contributed by atoms with Crippen molar-refractivity contribution in [3.05, 3.63) is 71.0 Å². The third-order valence-electron chi connectivity index (χ3n) is 3.25. The molecule has 2 amide bonds. The highest BCUT2D eigenvalue weighted by molar-refractivity contribution is 6.55. The minimum atomic E-state index is -0.468. The Balaban J connectivity index is 1.92. The summed E-state index contributed by atoms with van der Waals surface area (Å²) >= 11 is 6.06. The van der Waals surface area contributed by atoms with Gasteiger partial charge in [-0.2, -0.15) is 0 Å². The number of hydrogen-bond donors (Lipinski definition) is 0. The van der Waals surface area contributed by atoms with Crippen molar-refractivity contribution in [1.29, 1.82) is 0 Å². The van der Waals surface area contributed by atoms with E-state index in [1.807, 2.05) is 30.3 Å². The molecule has 0 atom stereocenters. The van der Waals surface area contributed by atoms with Crippen LogP contribution in [0.1, 0.15) is 11.1 Å². The number of hydrogen-bond acceptors (Lipinski definition) is 3. The lowest BCUT2D eigenvalue weighted by Gasteiger charge is -2.14. The lowest BCUT2D eigenvalue weighted by Crippen LogP contribution is -2.30. The molecular weight excluding hydrogens is 288 g/mol. The summed E-state index contributed by atoms with van der Waals surface area (Å²) in [4.78, 5) is 29.8. The van der Waals surface area contributed by atoms with Gasteiger partial charge in [-0.1, -0.05) is 48.0 Å². The van der Waals surface area contributed by atoms with Gasteiger partial charge < -0.3 is 0 Å². The zero-order valence-corrected chi connectivity index (χ0v) is 11.7. The van der Waals surface area contributed by atoms with Crippen molar-refractivity contribution in [3.63, 3.8) is 0 Å². The van der Waals surface area contributed by atoms with Crippen LogP contribution in [-0.4, -0.2) is 21.7 Å². The van der Waals surface area contributed by atoms with Gasteiger partial charge in [0.05, 0.1) is 12.1 Å². The van der Waals surface area contributed by atoms with Crippen LogP contribution >= 0.6 is 11.6 Å². The van der Waals surface area contributed by atoms with E-state index in [1.165, 1.54) is 6.20 Å². The SMILES string of the molecule is O=C1C(Cl)=C(c2cccnc2)C(=O)N1Cc1ccccc1. The highest BCUT2D eigenvalue weighted by Gasteiger charge is 2.38. The van der Waals surface area contributed by atoms with Crippen LogP contribution in [0.25, 0.3) is 5.57 Å². The molecule has 0 N–H and O–H groups in total. The molecule has 3 rings (SSSR count). The van der Waals surface area contributed by atoms with Crippen LogP contribution in [0.5, 0.6) is 0 Å². The number of halogens is 1. The zero-order valence-electron chi connectivity index (χ0n) is 11.0. The van der Waals surface area contributed by atoms with Gasteiger partial charge in [-0.15, -0.1) is 0 Å². The maximum Gasteiger partial charge on any atom is 0.273 e. The Morgan fingerprint density at radius 2 is 1.76 bits per heavy atom. The Kier molecular flexibility index (Phi) is 3.54. The molecule has 0 unspecified atom stereocenters. The first kappa shape index (κ1) is 13.5. The summed E-state index contributed by atoms with van der Waals surface area (Å²) in [5.41, 5.74) is 1.64. The number of imide groups is 1. The number of amides is 2. The van der Waals surface area contributed by atoms with Crippen LogP contribution in [0.2, 0.25) is 0 Å². The van der Waals surface area contributed by atoms with Gasteiger partial charge in [-0.3, -0.25) is 19.5 Å². The molecule has 1 aliphatic heterocycles. The predicted octanol–water partition coefficient (Wildman–Crippen LogP) is 2.60. The first-order chi connectivity index (χ1) is 10.2. The van der Waals surface area contributed by atoms with Crippen LogP contribution in [0.4, 0.5) is 0 Å². The molecule has 0 spiro atoms. The van der Waals surface area contributed by atoms with Gasteiger partial charge >= 0.3 is 0 Å². The van der Waals surface area contributed by atoms with Crippen LogP contribution < -0.4 is 0 Å². The van der Waals surface area contributed by atoms with Crippen molar-refractivity contribution in [2.75, 3.05) is 0 Å². The third-order valence-corrected chi connectivity index (χ3v) is 3.60. The minimum Gasteiger partial charge on any atom is -0.269 e. The molecule has 4 nitrogen and oxygen atoms in total. The first-order valence-corrected chi connectivity index (χ1v) is 6.76. The Morgan fingerprint density at radius 3 is 2.43 bits per heavy atom. The van der Waals surface area contributed by atoms with E-state index >= 15 is 0 Å². The lowest BCUT2D eigenvalue weighted by molar-refractivity contribution is -0.137. The third kappa shape index (κ3) is 2.45. The molecule has 1 aromatic carbocycles. The first-order valence-electron chi connectivity index (χ1n) is 6.39. The number of benzene rings is 1. The molecule has 0 bridgehead atoms. The smallest absolute Gasteiger partial charge is 0.269 e. The number of carbonyl (C=O) groups is 2. The summed E-state index contributed by atoms with van der Waals surface area (Å²) in [7, 11) is 0. The second-order valence-electron chi connectivity index (χ2n) is 4.61. The van der Waals surface area contributed by atoms with Gasteiger partial charge in [0.25, 0.3) is 11.8 Å². The summed E-state index contributed by atoms with van der Waals surface area (Å²) in [6, 6.07) is 12.7. The maximum atomic E-state index is 12.5. The van der Waals surface area contributed by atoms with Gasteiger partial charge in [0, 0.05) is 18.0 Å². The van der Waals surface area contributed by atoms with Crippen molar-refractivity contribution in [2.24, 2.45) is 0 Å². The molecular formula is C16H11ClN2O2. The average molecular weight is 299 g/mol. The summed E-state index contributed by atoms with van der Waals surface area (Å²) in [6.07, 6.45) is 3.12. The van der Waals surface area contributed by atoms with Crippen LogP contribution in [0.15, 0.2) is 59.9 Å². The predicted molar refractivity (Wildman–Crippen MR) is 79.0 cm³/mol. The molecule has 1 aromatic heterocycles. The van der Waals surface area contributed by atoms with E-state index in [2.05, 4.69) is 4.98 Å². The van der Waals surface area contributed by atoms with Gasteiger partial charge in [0.15, 0.2) is 0 Å². The van der Waals surface area contributed by atoms with Crippen LogP contribution in [0.3, 0.4) is 0 Å². The van der Waals surface area contributed by atoms with E-state index in [0.29, 0.717) is 5.56 Å². The second-order valence-corrected chi connectivity index (χ2v) is 4.99. The van der Waals surface area contributed by atoms with Crippen molar-refractivity contribution in [1.82, 2.24) is 9.88 Å². The highest BCUT2D eigenvalue weighted by Crippen LogP contribution is 2.32. The molecule has 2 heterocycles. The fourth-order valence-electron chi connectivity index (χ4n) is 2.22. The van der Waals surface area contributed by atoms with Gasteiger partial charge in [0.2, 0.25) is 0 Å². The molecule has 0 aliphatic carbocycles. The summed E-state index contributed by atoms with van der Waals surface area (Å²) < 4.78 is 0. The molecule has 0 saturated carbocycles. The van der Waals surface area contributed by atoms with E-state index < -0.39 is 5.91 Å². The van der Waals surface area contributed by atoms with Gasteiger partial charge in [0.1, 0.15) is 5.03 Å². The topological polar surface area (TPSA) is 50.3 Å². The van der Waals surface area contributed by atoms with E-state index in [-0.39, 0.29) is 23.1 Å². The molecule has 21 heavy (non-hydrogen) atoms. The molecule has 2 aromatic rings. The highest BCUT2D eigenvalue weighted by atomic mass is 35.5. The number of aromatic nitrogens is 1. The largest absolute Gasteiger partial charge is 0.273 e. The summed E-state index contributed by atoms with van der Waals surface area (Å²) in [6.45, 7) is 0.207. The molecule has 0 fully saturated rings. The zero-order chi connectivity index (χ0) is 14.8. The van der Waals surface area contributed by atoms with E-state index in [1.54, 1.807) is 18.3 Å². The fourth-order valence-corrected chi connectivity index (χ4v) is 2.51. The Hall–Kier alpha value is -2.46. The monoisotopic (exact) mass is 298 g/mol. The standard InChI is InChI=1S/C16H11ClN2O2/c17-14-13(12-7-4-8-18-9-12)15(20)19(16(14)21)10-11-5-2-1-3-6-11/h1-9H,10H2. The molecule has 1 aliphatic rings. The Morgan fingerprint density at radius 1 is 1.00 bits per heavy atom. The van der Waals surface area contributed by atoms with E-state index in [4.69, 9.17) is 11.6 Å². The number of nitrogens with zero attached hydrogens (tertiary/aromatic N) is 2. The molecule has 5 heteroatoms. The Bertz CT molecular complexity index is 726. The summed E-state index contributed by atoms with van der Waals surface area (Å²) in [5.74, 6) is -0.855. The van der Waals surface area contributed by atoms with E-state index in [0.717, 1.165) is 10.5 Å². The minimum absolute atomic E-state index is 0.0519. The van der Waals surface area contributed by atoms with Crippen LogP contribution in [0, 0.1) is 0 Å². The lowest BCUT2D eigenvalue weighted by atomic mass is 10.1.